The Hall–Kier alpha value is -0.910. The Morgan fingerprint density at radius 3 is 2.82 bits per heavy atom. The fraction of sp³-hybridized carbons (Fsp3) is 0.647. The molecule has 1 aromatic carbocycles. The molecule has 0 aromatic heterocycles. The van der Waals surface area contributed by atoms with E-state index in [-0.39, 0.29) is 11.5 Å². The third-order valence-corrected chi connectivity index (χ3v) is 7.86. The lowest BCUT2D eigenvalue weighted by Gasteiger charge is -2.38. The number of nitrogens with one attached hydrogen (secondary N) is 1. The number of hydrogen-bond donors (Lipinski definition) is 1. The van der Waals surface area contributed by atoms with Gasteiger partial charge in [-0.2, -0.15) is 4.31 Å². The van der Waals surface area contributed by atoms with E-state index in [1.807, 2.05) is 6.07 Å². The zero-order valence-corrected chi connectivity index (χ0v) is 14.0. The van der Waals surface area contributed by atoms with Gasteiger partial charge in [-0.05, 0) is 61.8 Å². The van der Waals surface area contributed by atoms with Crippen LogP contribution >= 0.6 is 0 Å². The highest BCUT2D eigenvalue weighted by Gasteiger charge is 2.50. The van der Waals surface area contributed by atoms with Crippen LogP contribution in [0.3, 0.4) is 0 Å². The Morgan fingerprint density at radius 2 is 2.14 bits per heavy atom. The van der Waals surface area contributed by atoms with Gasteiger partial charge in [0.2, 0.25) is 10.0 Å². The summed E-state index contributed by atoms with van der Waals surface area (Å²) in [7, 11) is -3.38. The van der Waals surface area contributed by atoms with Gasteiger partial charge < -0.3 is 5.32 Å². The molecule has 2 heterocycles. The van der Waals surface area contributed by atoms with Gasteiger partial charge in [0.1, 0.15) is 0 Å². The molecule has 1 aromatic rings. The van der Waals surface area contributed by atoms with Crippen molar-refractivity contribution in [1.29, 1.82) is 0 Å². The van der Waals surface area contributed by atoms with Crippen molar-refractivity contribution in [1.82, 2.24) is 9.62 Å². The lowest BCUT2D eigenvalue weighted by Crippen LogP contribution is -2.38. The average Bonchev–Trinajstić information content (AvgIpc) is 2.85. The van der Waals surface area contributed by atoms with Crippen molar-refractivity contribution < 1.29 is 8.42 Å². The number of sulfonamides is 1. The monoisotopic (exact) mass is 320 g/mol. The number of fused-ring (bicyclic) bond motifs is 1. The van der Waals surface area contributed by atoms with Gasteiger partial charge in [-0.15, -0.1) is 0 Å². The van der Waals surface area contributed by atoms with Crippen molar-refractivity contribution in [2.45, 2.75) is 56.5 Å². The van der Waals surface area contributed by atoms with E-state index in [9.17, 15) is 8.42 Å². The van der Waals surface area contributed by atoms with Crippen LogP contribution < -0.4 is 5.32 Å². The predicted molar refractivity (Wildman–Crippen MR) is 86.1 cm³/mol. The molecule has 2 fully saturated rings. The number of nitrogens with zero attached hydrogens (tertiary/aromatic N) is 1. The lowest BCUT2D eigenvalue weighted by molar-refractivity contribution is 0.152. The first-order valence-corrected chi connectivity index (χ1v) is 9.79. The summed E-state index contributed by atoms with van der Waals surface area (Å²) in [6.07, 6.45) is 5.58. The quantitative estimate of drug-likeness (QED) is 0.909. The minimum absolute atomic E-state index is 0.123. The molecular weight excluding hydrogens is 296 g/mol. The minimum Gasteiger partial charge on any atom is -0.312 e. The van der Waals surface area contributed by atoms with Crippen molar-refractivity contribution in [2.24, 2.45) is 5.41 Å². The van der Waals surface area contributed by atoms with Crippen LogP contribution in [0.2, 0.25) is 0 Å². The highest BCUT2D eigenvalue weighted by Crippen LogP contribution is 2.51. The highest BCUT2D eigenvalue weighted by atomic mass is 32.2. The fourth-order valence-corrected chi connectivity index (χ4v) is 6.50. The molecule has 1 unspecified atom stereocenters. The first-order valence-electron chi connectivity index (χ1n) is 8.35. The van der Waals surface area contributed by atoms with Crippen LogP contribution in [-0.2, 0) is 23.0 Å². The van der Waals surface area contributed by atoms with E-state index >= 15 is 0 Å². The molecule has 1 N–H and O–H groups in total. The molecule has 5 heteroatoms. The maximum atomic E-state index is 13.2. The maximum Gasteiger partial charge on any atom is 0.243 e. The largest absolute Gasteiger partial charge is 0.312 e. The van der Waals surface area contributed by atoms with Crippen LogP contribution in [0.4, 0.5) is 0 Å². The van der Waals surface area contributed by atoms with E-state index < -0.39 is 10.0 Å². The highest BCUT2D eigenvalue weighted by molar-refractivity contribution is 7.89. The Labute approximate surface area is 132 Å². The summed E-state index contributed by atoms with van der Waals surface area (Å²) in [6.45, 7) is 4.38. The Morgan fingerprint density at radius 1 is 1.32 bits per heavy atom. The zero-order chi connectivity index (χ0) is 15.4. The minimum atomic E-state index is -3.38. The molecule has 2 aliphatic heterocycles. The average molecular weight is 320 g/mol. The van der Waals surface area contributed by atoms with E-state index in [2.05, 4.69) is 18.3 Å². The summed E-state index contributed by atoms with van der Waals surface area (Å²) in [6, 6.07) is 5.88. The third-order valence-electron chi connectivity index (χ3n) is 5.82. The second-order valence-corrected chi connectivity index (χ2v) is 9.14. The first-order chi connectivity index (χ1) is 10.5. The van der Waals surface area contributed by atoms with Gasteiger partial charge in [0.05, 0.1) is 4.90 Å². The van der Waals surface area contributed by atoms with E-state index in [4.69, 9.17) is 0 Å². The lowest BCUT2D eigenvalue weighted by atomic mass is 9.68. The SMILES string of the molecule is CC1CC2(CCC2)CN1S(=O)(=O)c1cccc2c1CNCC2. The van der Waals surface area contributed by atoms with Crippen molar-refractivity contribution in [2.75, 3.05) is 13.1 Å². The van der Waals surface area contributed by atoms with Crippen LogP contribution in [0, 0.1) is 5.41 Å². The molecule has 120 valence electrons. The molecule has 0 bridgehead atoms. The first kappa shape index (κ1) is 14.7. The summed E-state index contributed by atoms with van der Waals surface area (Å²) in [5.74, 6) is 0. The predicted octanol–water partition coefficient (Wildman–Crippen LogP) is 2.29. The van der Waals surface area contributed by atoms with Gasteiger partial charge in [0.15, 0.2) is 0 Å². The molecule has 1 atom stereocenters. The van der Waals surface area contributed by atoms with Crippen LogP contribution in [0.1, 0.15) is 43.7 Å². The second-order valence-electron chi connectivity index (χ2n) is 7.28. The molecule has 0 amide bonds. The van der Waals surface area contributed by atoms with E-state index in [0.717, 1.165) is 24.9 Å². The molecule has 3 aliphatic rings. The van der Waals surface area contributed by atoms with Gasteiger partial charge in [-0.3, -0.25) is 0 Å². The molecule has 4 rings (SSSR count). The van der Waals surface area contributed by atoms with Gasteiger partial charge in [0, 0.05) is 19.1 Å². The second kappa shape index (κ2) is 5.05. The Bertz CT molecular complexity index is 695. The van der Waals surface area contributed by atoms with Gasteiger partial charge in [-0.1, -0.05) is 18.6 Å². The molecule has 1 saturated heterocycles. The smallest absolute Gasteiger partial charge is 0.243 e. The van der Waals surface area contributed by atoms with Crippen LogP contribution in [0.15, 0.2) is 23.1 Å². The van der Waals surface area contributed by atoms with Crippen molar-refractivity contribution in [3.8, 4) is 0 Å². The molecule has 0 radical (unpaired) electrons. The maximum absolute atomic E-state index is 13.2. The summed E-state index contributed by atoms with van der Waals surface area (Å²) in [5, 5.41) is 3.31. The fourth-order valence-electron chi connectivity index (χ4n) is 4.49. The standard InChI is InChI=1S/C17H24N2O2S/c1-13-10-17(7-3-8-17)12-19(13)22(20,21)16-5-2-4-14-6-9-18-11-15(14)16/h2,4-5,13,18H,3,6-12H2,1H3. The zero-order valence-electron chi connectivity index (χ0n) is 13.1. The molecule has 22 heavy (non-hydrogen) atoms. The molecule has 1 saturated carbocycles. The number of benzene rings is 1. The number of rotatable bonds is 2. The van der Waals surface area contributed by atoms with Gasteiger partial charge >= 0.3 is 0 Å². The Kier molecular flexibility index (Phi) is 3.36. The third kappa shape index (κ3) is 2.14. The summed E-state index contributed by atoms with van der Waals surface area (Å²) in [5.41, 5.74) is 2.44. The summed E-state index contributed by atoms with van der Waals surface area (Å²) < 4.78 is 28.3. The van der Waals surface area contributed by atoms with Crippen molar-refractivity contribution >= 4 is 10.0 Å². The molecule has 4 nitrogen and oxygen atoms in total. The van der Waals surface area contributed by atoms with E-state index in [0.29, 0.717) is 18.0 Å². The van der Waals surface area contributed by atoms with Crippen molar-refractivity contribution in [3.05, 3.63) is 29.3 Å². The van der Waals surface area contributed by atoms with Gasteiger partial charge in [-0.25, -0.2) is 8.42 Å². The normalized spacial score (nSPS) is 27.6. The van der Waals surface area contributed by atoms with Crippen LogP contribution in [0.25, 0.3) is 0 Å². The van der Waals surface area contributed by atoms with Crippen LogP contribution in [-0.4, -0.2) is 31.9 Å². The number of hydrogen-bond acceptors (Lipinski definition) is 3. The molecular formula is C17H24N2O2S. The summed E-state index contributed by atoms with van der Waals surface area (Å²) >= 11 is 0. The van der Waals surface area contributed by atoms with Crippen LogP contribution in [0.5, 0.6) is 0 Å². The topological polar surface area (TPSA) is 49.4 Å². The Balaban J connectivity index is 1.72. The van der Waals surface area contributed by atoms with E-state index in [1.165, 1.54) is 24.8 Å². The molecule has 1 aliphatic carbocycles. The van der Waals surface area contributed by atoms with E-state index in [1.54, 1.807) is 10.4 Å². The van der Waals surface area contributed by atoms with Crippen molar-refractivity contribution in [3.63, 3.8) is 0 Å². The molecule has 1 spiro atoms. The van der Waals surface area contributed by atoms with Gasteiger partial charge in [0.25, 0.3) is 0 Å². The summed E-state index contributed by atoms with van der Waals surface area (Å²) in [4.78, 5) is 0.528.